The Balaban J connectivity index is 2.24. The number of benzene rings is 2. The first kappa shape index (κ1) is 20.6. The summed E-state index contributed by atoms with van der Waals surface area (Å²) in [5.74, 6) is -1.14. The van der Waals surface area contributed by atoms with Crippen molar-refractivity contribution in [2.45, 2.75) is 37.8 Å². The molecule has 2 atom stereocenters. The number of nitrogens with zero attached hydrogens (tertiary/aromatic N) is 1. The largest absolute Gasteiger partial charge is 0.478 e. The van der Waals surface area contributed by atoms with Crippen molar-refractivity contribution in [3.05, 3.63) is 76.8 Å². The predicted octanol–water partition coefficient (Wildman–Crippen LogP) is 4.51. The summed E-state index contributed by atoms with van der Waals surface area (Å²) in [7, 11) is -3.96. The fourth-order valence-corrected chi connectivity index (χ4v) is 5.49. The number of carbonyl (C=O) groups is 1. The zero-order valence-corrected chi connectivity index (χ0v) is 17.4. The second-order valence-corrected chi connectivity index (χ2v) is 10.1. The Morgan fingerprint density at radius 2 is 1.61 bits per heavy atom. The molecule has 7 heteroatoms. The Morgan fingerprint density at radius 1 is 1.04 bits per heavy atom. The molecule has 1 aliphatic rings. The zero-order chi connectivity index (χ0) is 20.7. The number of aliphatic carboxylic acids is 1. The van der Waals surface area contributed by atoms with Crippen molar-refractivity contribution in [1.82, 2.24) is 4.31 Å². The summed E-state index contributed by atoms with van der Waals surface area (Å²) in [5.41, 5.74) is 0.0926. The van der Waals surface area contributed by atoms with Crippen molar-refractivity contribution < 1.29 is 18.3 Å². The van der Waals surface area contributed by atoms with Crippen molar-refractivity contribution in [1.29, 1.82) is 0 Å². The van der Waals surface area contributed by atoms with Crippen LogP contribution in [0.1, 0.15) is 32.4 Å². The molecule has 3 rings (SSSR count). The van der Waals surface area contributed by atoms with Gasteiger partial charge in [-0.25, -0.2) is 13.2 Å². The van der Waals surface area contributed by atoms with Crippen molar-refractivity contribution in [2.24, 2.45) is 5.41 Å². The summed E-state index contributed by atoms with van der Waals surface area (Å²) in [6.45, 7) is 5.68. The van der Waals surface area contributed by atoms with Gasteiger partial charge in [0, 0.05) is 11.1 Å². The molecule has 2 aromatic carbocycles. The van der Waals surface area contributed by atoms with Crippen LogP contribution in [0.5, 0.6) is 0 Å². The summed E-state index contributed by atoms with van der Waals surface area (Å²) in [6.07, 6.45) is 1.56. The van der Waals surface area contributed by atoms with Gasteiger partial charge < -0.3 is 5.11 Å². The third kappa shape index (κ3) is 3.72. The standard InChI is InChI=1S/C21H22ClNO4S/c1-21(2,3)18-13-17(20(24)25)19(14-9-11-15(22)12-10-14)23(18)28(26,27)16-7-5-4-6-8-16/h4-13,18-19H,1-3H3,(H,24,25)/t18-,19-/m0/s1. The quantitative estimate of drug-likeness (QED) is 0.791. The molecule has 0 aromatic heterocycles. The lowest BCUT2D eigenvalue weighted by atomic mass is 9.87. The summed E-state index contributed by atoms with van der Waals surface area (Å²) in [5, 5.41) is 10.3. The van der Waals surface area contributed by atoms with E-state index in [1.807, 2.05) is 20.8 Å². The molecule has 0 aliphatic carbocycles. The second kappa shape index (κ2) is 7.35. The molecule has 1 heterocycles. The lowest BCUT2D eigenvalue weighted by molar-refractivity contribution is -0.133. The molecular formula is C21H22ClNO4S. The summed E-state index contributed by atoms with van der Waals surface area (Å²) in [4.78, 5) is 12.1. The van der Waals surface area contributed by atoms with E-state index in [9.17, 15) is 18.3 Å². The first-order valence-corrected chi connectivity index (χ1v) is 10.6. The Bertz CT molecular complexity index is 1010. The summed E-state index contributed by atoms with van der Waals surface area (Å²) >= 11 is 5.98. The van der Waals surface area contributed by atoms with Crippen LogP contribution in [0, 0.1) is 5.41 Å². The van der Waals surface area contributed by atoms with Crippen LogP contribution in [0.3, 0.4) is 0 Å². The number of hydrogen-bond donors (Lipinski definition) is 1. The Labute approximate surface area is 170 Å². The van der Waals surface area contributed by atoms with Gasteiger partial charge >= 0.3 is 5.97 Å². The lowest BCUT2D eigenvalue weighted by Gasteiger charge is -2.37. The SMILES string of the molecule is CC(C)(C)[C@@H]1C=C(C(=O)O)[C@H](c2ccc(Cl)cc2)N1S(=O)(=O)c1ccccc1. The average Bonchev–Trinajstić information content (AvgIpc) is 3.05. The normalized spacial score (nSPS) is 20.8. The number of hydrogen-bond acceptors (Lipinski definition) is 3. The molecule has 0 spiro atoms. The van der Waals surface area contributed by atoms with E-state index in [1.165, 1.54) is 16.4 Å². The van der Waals surface area contributed by atoms with Crippen LogP contribution in [-0.4, -0.2) is 29.8 Å². The second-order valence-electron chi connectivity index (χ2n) is 7.84. The minimum absolute atomic E-state index is 0.0433. The molecule has 148 valence electrons. The lowest BCUT2D eigenvalue weighted by Crippen LogP contribution is -2.45. The first-order chi connectivity index (χ1) is 13.0. The maximum absolute atomic E-state index is 13.6. The first-order valence-electron chi connectivity index (χ1n) is 8.82. The monoisotopic (exact) mass is 419 g/mol. The van der Waals surface area contributed by atoms with Crippen LogP contribution < -0.4 is 0 Å². The van der Waals surface area contributed by atoms with Gasteiger partial charge in [0.1, 0.15) is 0 Å². The summed E-state index contributed by atoms with van der Waals surface area (Å²) in [6, 6.07) is 13.1. The van der Waals surface area contributed by atoms with Gasteiger partial charge in [-0.2, -0.15) is 4.31 Å². The Hall–Kier alpha value is -2.15. The molecule has 1 aliphatic heterocycles. The fraction of sp³-hybridized carbons (Fsp3) is 0.286. The molecule has 1 N–H and O–H groups in total. The van der Waals surface area contributed by atoms with Gasteiger partial charge in [-0.1, -0.05) is 68.8 Å². The molecule has 0 saturated carbocycles. The van der Waals surface area contributed by atoms with Gasteiger partial charge in [0.05, 0.1) is 16.5 Å². The van der Waals surface area contributed by atoms with Crippen molar-refractivity contribution in [2.75, 3.05) is 0 Å². The minimum atomic E-state index is -3.96. The van der Waals surface area contributed by atoms with Crippen LogP contribution in [-0.2, 0) is 14.8 Å². The van der Waals surface area contributed by atoms with E-state index < -0.39 is 33.5 Å². The van der Waals surface area contributed by atoms with E-state index in [-0.39, 0.29) is 10.5 Å². The molecule has 5 nitrogen and oxygen atoms in total. The molecule has 0 bridgehead atoms. The number of sulfonamides is 1. The highest BCUT2D eigenvalue weighted by atomic mass is 35.5. The maximum Gasteiger partial charge on any atom is 0.333 e. The average molecular weight is 420 g/mol. The van der Waals surface area contributed by atoms with E-state index in [2.05, 4.69) is 0 Å². The van der Waals surface area contributed by atoms with Gasteiger partial charge in [0.25, 0.3) is 0 Å². The van der Waals surface area contributed by atoms with E-state index in [4.69, 9.17) is 11.6 Å². The minimum Gasteiger partial charge on any atom is -0.478 e. The fourth-order valence-electron chi connectivity index (χ4n) is 3.43. The van der Waals surface area contributed by atoms with Crippen LogP contribution in [0.25, 0.3) is 0 Å². The maximum atomic E-state index is 13.6. The van der Waals surface area contributed by atoms with Crippen LogP contribution in [0.15, 0.2) is 71.1 Å². The van der Waals surface area contributed by atoms with E-state index in [1.54, 1.807) is 48.5 Å². The van der Waals surface area contributed by atoms with Crippen molar-refractivity contribution >= 4 is 27.6 Å². The number of carboxylic acid groups (broad SMARTS) is 1. The molecule has 0 fully saturated rings. The van der Waals surface area contributed by atoms with Gasteiger partial charge in [-0.15, -0.1) is 0 Å². The van der Waals surface area contributed by atoms with E-state index >= 15 is 0 Å². The Morgan fingerprint density at radius 3 is 2.11 bits per heavy atom. The third-order valence-electron chi connectivity index (χ3n) is 4.80. The molecule has 0 radical (unpaired) electrons. The van der Waals surface area contributed by atoms with Crippen LogP contribution in [0.4, 0.5) is 0 Å². The number of halogens is 1. The predicted molar refractivity (Wildman–Crippen MR) is 109 cm³/mol. The smallest absolute Gasteiger partial charge is 0.333 e. The van der Waals surface area contributed by atoms with Crippen LogP contribution >= 0.6 is 11.6 Å². The molecule has 28 heavy (non-hydrogen) atoms. The van der Waals surface area contributed by atoms with Gasteiger partial charge in [0.15, 0.2) is 0 Å². The highest BCUT2D eigenvalue weighted by Crippen LogP contribution is 2.46. The topological polar surface area (TPSA) is 74.7 Å². The molecule has 2 aromatic rings. The highest BCUT2D eigenvalue weighted by molar-refractivity contribution is 7.89. The molecule has 0 amide bonds. The zero-order valence-electron chi connectivity index (χ0n) is 15.8. The van der Waals surface area contributed by atoms with Crippen LogP contribution in [0.2, 0.25) is 5.02 Å². The summed E-state index contributed by atoms with van der Waals surface area (Å²) < 4.78 is 28.5. The Kier molecular flexibility index (Phi) is 5.40. The molecule has 0 saturated heterocycles. The number of rotatable bonds is 4. The third-order valence-corrected chi connectivity index (χ3v) is 6.91. The van der Waals surface area contributed by atoms with Gasteiger partial charge in [0.2, 0.25) is 10.0 Å². The molecular weight excluding hydrogens is 398 g/mol. The number of carboxylic acids is 1. The highest BCUT2D eigenvalue weighted by Gasteiger charge is 2.49. The molecule has 0 unspecified atom stereocenters. The van der Waals surface area contributed by atoms with Gasteiger partial charge in [-0.3, -0.25) is 0 Å². The van der Waals surface area contributed by atoms with E-state index in [0.29, 0.717) is 10.6 Å². The van der Waals surface area contributed by atoms with Gasteiger partial charge in [-0.05, 0) is 35.2 Å². The van der Waals surface area contributed by atoms with E-state index in [0.717, 1.165) is 0 Å². The van der Waals surface area contributed by atoms with Crippen molar-refractivity contribution in [3.8, 4) is 0 Å². The van der Waals surface area contributed by atoms with Crippen molar-refractivity contribution in [3.63, 3.8) is 0 Å².